The zero-order chi connectivity index (χ0) is 13.2. The second-order valence-corrected chi connectivity index (χ2v) is 5.97. The fourth-order valence-electron chi connectivity index (χ4n) is 2.76. The van der Waals surface area contributed by atoms with Crippen molar-refractivity contribution >= 4 is 11.3 Å². The summed E-state index contributed by atoms with van der Waals surface area (Å²) in [5.41, 5.74) is 8.71. The summed E-state index contributed by atoms with van der Waals surface area (Å²) in [6.07, 6.45) is 5.23. The highest BCUT2D eigenvalue weighted by atomic mass is 32.1. The number of aryl methyl sites for hydroxylation is 1. The Hall–Kier alpha value is -1.17. The van der Waals surface area contributed by atoms with E-state index in [1.165, 1.54) is 16.0 Å². The lowest BCUT2D eigenvalue weighted by atomic mass is 10.0. The summed E-state index contributed by atoms with van der Waals surface area (Å²) in [7, 11) is 0. The van der Waals surface area contributed by atoms with Gasteiger partial charge in [0.25, 0.3) is 0 Å². The molecule has 2 aromatic rings. The Labute approximate surface area is 117 Å². The Morgan fingerprint density at radius 2 is 2.42 bits per heavy atom. The van der Waals surface area contributed by atoms with E-state index in [2.05, 4.69) is 34.6 Å². The zero-order valence-corrected chi connectivity index (χ0v) is 12.1. The third-order valence-corrected chi connectivity index (χ3v) is 4.89. The zero-order valence-electron chi connectivity index (χ0n) is 11.2. The van der Waals surface area contributed by atoms with Crippen LogP contribution < -0.4 is 5.73 Å². The van der Waals surface area contributed by atoms with E-state index in [-0.39, 0.29) is 6.04 Å². The number of hydrogen-bond donors (Lipinski definition) is 1. The maximum Gasteiger partial charge on any atom is 0.0538 e. The van der Waals surface area contributed by atoms with Gasteiger partial charge in [-0.05, 0) is 30.4 Å². The number of hydrogen-bond acceptors (Lipinski definition) is 4. The van der Waals surface area contributed by atoms with E-state index < -0.39 is 0 Å². The van der Waals surface area contributed by atoms with Gasteiger partial charge in [-0.1, -0.05) is 0 Å². The van der Waals surface area contributed by atoms with E-state index in [0.717, 1.165) is 26.1 Å². The van der Waals surface area contributed by atoms with Crippen LogP contribution in [0.15, 0.2) is 23.8 Å². The molecule has 3 heterocycles. The Kier molecular flexibility index (Phi) is 3.68. The van der Waals surface area contributed by atoms with Crippen LogP contribution >= 0.6 is 11.3 Å². The second kappa shape index (κ2) is 5.45. The Balaban J connectivity index is 1.80. The highest BCUT2D eigenvalue weighted by molar-refractivity contribution is 7.10. The molecule has 102 valence electrons. The summed E-state index contributed by atoms with van der Waals surface area (Å²) in [6, 6.07) is 2.53. The predicted octanol–water partition coefficient (Wildman–Crippen LogP) is 2.02. The highest BCUT2D eigenvalue weighted by Gasteiger charge is 2.25. The third kappa shape index (κ3) is 2.45. The summed E-state index contributed by atoms with van der Waals surface area (Å²) < 4.78 is 1.97. The molecule has 0 aromatic carbocycles. The lowest BCUT2D eigenvalue weighted by molar-refractivity contribution is 0.185. The van der Waals surface area contributed by atoms with Crippen LogP contribution in [0.1, 0.15) is 29.0 Å². The Morgan fingerprint density at radius 1 is 1.53 bits per heavy atom. The monoisotopic (exact) mass is 276 g/mol. The van der Waals surface area contributed by atoms with Gasteiger partial charge in [0.05, 0.1) is 12.2 Å². The fraction of sp³-hybridized carbons (Fsp3) is 0.500. The van der Waals surface area contributed by atoms with Gasteiger partial charge >= 0.3 is 0 Å². The lowest BCUT2D eigenvalue weighted by Gasteiger charge is -2.33. The van der Waals surface area contributed by atoms with Gasteiger partial charge in [-0.25, -0.2) is 0 Å². The molecular formula is C14H20N4S. The van der Waals surface area contributed by atoms with Crippen molar-refractivity contribution in [1.82, 2.24) is 14.7 Å². The highest BCUT2D eigenvalue weighted by Crippen LogP contribution is 2.29. The SMILES string of the molecule is CCn1cc(C(CN)N2CCc3sccc3C2)cn1. The molecule has 1 aliphatic heterocycles. The minimum Gasteiger partial charge on any atom is -0.329 e. The standard InChI is InChI=1S/C14H20N4S/c1-2-18-10-12(8-16-18)13(7-15)17-5-3-14-11(9-17)4-6-19-14/h4,6,8,10,13H,2-3,5,7,9,15H2,1H3. The smallest absolute Gasteiger partial charge is 0.0538 e. The summed E-state index contributed by atoms with van der Waals surface area (Å²) in [6.45, 7) is 5.76. The maximum atomic E-state index is 6.01. The maximum absolute atomic E-state index is 6.01. The molecule has 0 radical (unpaired) electrons. The molecule has 4 nitrogen and oxygen atoms in total. The molecule has 0 aliphatic carbocycles. The molecule has 1 aliphatic rings. The summed E-state index contributed by atoms with van der Waals surface area (Å²) in [5, 5.41) is 6.56. The van der Waals surface area contributed by atoms with Crippen molar-refractivity contribution in [3.63, 3.8) is 0 Å². The first-order valence-electron chi connectivity index (χ1n) is 6.83. The largest absolute Gasteiger partial charge is 0.329 e. The number of fused-ring (bicyclic) bond motifs is 1. The predicted molar refractivity (Wildman–Crippen MR) is 78.1 cm³/mol. The second-order valence-electron chi connectivity index (χ2n) is 4.97. The molecule has 0 bridgehead atoms. The van der Waals surface area contributed by atoms with E-state index in [1.807, 2.05) is 22.2 Å². The summed E-state index contributed by atoms with van der Waals surface area (Å²) in [5.74, 6) is 0. The van der Waals surface area contributed by atoms with Crippen molar-refractivity contribution in [2.45, 2.75) is 32.5 Å². The molecule has 1 unspecified atom stereocenters. The molecule has 3 rings (SSSR count). The van der Waals surface area contributed by atoms with E-state index >= 15 is 0 Å². The first-order valence-corrected chi connectivity index (χ1v) is 7.71. The van der Waals surface area contributed by atoms with E-state index in [9.17, 15) is 0 Å². The minimum atomic E-state index is 0.286. The summed E-state index contributed by atoms with van der Waals surface area (Å²) >= 11 is 1.88. The molecule has 19 heavy (non-hydrogen) atoms. The van der Waals surface area contributed by atoms with Crippen molar-refractivity contribution in [2.24, 2.45) is 5.73 Å². The van der Waals surface area contributed by atoms with Crippen LogP contribution in [-0.4, -0.2) is 27.8 Å². The third-order valence-electron chi connectivity index (χ3n) is 3.86. The molecule has 0 amide bonds. The molecule has 0 saturated heterocycles. The van der Waals surface area contributed by atoms with Crippen molar-refractivity contribution < 1.29 is 0 Å². The number of nitrogens with two attached hydrogens (primary N) is 1. The molecular weight excluding hydrogens is 256 g/mol. The van der Waals surface area contributed by atoms with Gasteiger partial charge in [0.2, 0.25) is 0 Å². The number of thiophene rings is 1. The van der Waals surface area contributed by atoms with Crippen LogP contribution in [0, 0.1) is 0 Å². The van der Waals surface area contributed by atoms with Gasteiger partial charge in [-0.15, -0.1) is 11.3 Å². The average molecular weight is 276 g/mol. The molecule has 2 N–H and O–H groups in total. The molecule has 0 fully saturated rings. The Bertz CT molecular complexity index is 545. The summed E-state index contributed by atoms with van der Waals surface area (Å²) in [4.78, 5) is 4.02. The van der Waals surface area contributed by atoms with Gasteiger partial charge in [0.1, 0.15) is 0 Å². The molecule has 0 saturated carbocycles. The first-order chi connectivity index (χ1) is 9.31. The van der Waals surface area contributed by atoms with E-state index in [1.54, 1.807) is 0 Å². The van der Waals surface area contributed by atoms with Gasteiger partial charge in [-0.2, -0.15) is 5.10 Å². The molecule has 2 aromatic heterocycles. The minimum absolute atomic E-state index is 0.286. The first kappa shape index (κ1) is 12.8. The van der Waals surface area contributed by atoms with Crippen LogP contribution in [0.3, 0.4) is 0 Å². The van der Waals surface area contributed by atoms with E-state index in [0.29, 0.717) is 6.54 Å². The van der Waals surface area contributed by atoms with Crippen LogP contribution in [0.5, 0.6) is 0 Å². The van der Waals surface area contributed by atoms with Crippen LogP contribution in [0.4, 0.5) is 0 Å². The molecule has 1 atom stereocenters. The molecule has 5 heteroatoms. The number of rotatable bonds is 4. The number of nitrogens with zero attached hydrogens (tertiary/aromatic N) is 3. The number of aromatic nitrogens is 2. The topological polar surface area (TPSA) is 47.1 Å². The van der Waals surface area contributed by atoms with Crippen molar-refractivity contribution in [1.29, 1.82) is 0 Å². The van der Waals surface area contributed by atoms with Crippen LogP contribution in [-0.2, 0) is 19.5 Å². The van der Waals surface area contributed by atoms with Gasteiger partial charge in [0, 0.05) is 42.8 Å². The normalized spacial score (nSPS) is 17.4. The van der Waals surface area contributed by atoms with Gasteiger partial charge in [0.15, 0.2) is 0 Å². The average Bonchev–Trinajstić information content (AvgIpc) is 3.07. The molecule has 0 spiro atoms. The van der Waals surface area contributed by atoms with E-state index in [4.69, 9.17) is 5.73 Å². The fourth-order valence-corrected chi connectivity index (χ4v) is 3.65. The quantitative estimate of drug-likeness (QED) is 0.929. The van der Waals surface area contributed by atoms with Crippen molar-refractivity contribution in [2.75, 3.05) is 13.1 Å². The van der Waals surface area contributed by atoms with Gasteiger partial charge in [-0.3, -0.25) is 9.58 Å². The van der Waals surface area contributed by atoms with Crippen molar-refractivity contribution in [3.8, 4) is 0 Å². The Morgan fingerprint density at radius 3 is 3.16 bits per heavy atom. The van der Waals surface area contributed by atoms with Crippen molar-refractivity contribution in [3.05, 3.63) is 39.8 Å². The van der Waals surface area contributed by atoms with Crippen LogP contribution in [0.2, 0.25) is 0 Å². The van der Waals surface area contributed by atoms with Gasteiger partial charge < -0.3 is 5.73 Å². The van der Waals surface area contributed by atoms with Crippen LogP contribution in [0.25, 0.3) is 0 Å². The lowest BCUT2D eigenvalue weighted by Crippen LogP contribution is -2.37.